The molecule has 0 fully saturated rings. The van der Waals surface area contributed by atoms with E-state index in [9.17, 15) is 0 Å². The van der Waals surface area contributed by atoms with Gasteiger partial charge in [0.15, 0.2) is 0 Å². The molecule has 0 aromatic heterocycles. The van der Waals surface area contributed by atoms with Crippen molar-refractivity contribution in [3.63, 3.8) is 0 Å². The van der Waals surface area contributed by atoms with Gasteiger partial charge in [-0.3, -0.25) is 0 Å². The minimum Gasteiger partial charge on any atom is -0.0615 e. The van der Waals surface area contributed by atoms with Gasteiger partial charge in [-0.25, -0.2) is 0 Å². The highest BCUT2D eigenvalue weighted by molar-refractivity contribution is 4.94. The van der Waals surface area contributed by atoms with Gasteiger partial charge >= 0.3 is 0 Å². The van der Waals surface area contributed by atoms with Crippen molar-refractivity contribution in [1.82, 2.24) is 0 Å². The van der Waals surface area contributed by atoms with E-state index in [2.05, 4.69) is 76.2 Å². The molecule has 0 saturated carbocycles. The van der Waals surface area contributed by atoms with Gasteiger partial charge in [-0.1, -0.05) is 76.2 Å². The molecular formula is C17H36. The zero-order chi connectivity index (χ0) is 14.3. The lowest BCUT2D eigenvalue weighted by Crippen LogP contribution is -2.43. The average Bonchev–Trinajstić information content (AvgIpc) is 1.95. The van der Waals surface area contributed by atoms with E-state index in [4.69, 9.17) is 0 Å². The van der Waals surface area contributed by atoms with Gasteiger partial charge in [0, 0.05) is 0 Å². The van der Waals surface area contributed by atoms with Crippen molar-refractivity contribution in [2.45, 2.75) is 82.6 Å². The predicted molar refractivity (Wildman–Crippen MR) is 80.3 cm³/mol. The third-order valence-corrected chi connectivity index (χ3v) is 5.17. The van der Waals surface area contributed by atoms with E-state index in [-0.39, 0.29) is 0 Å². The summed E-state index contributed by atoms with van der Waals surface area (Å²) in [5, 5.41) is 0. The Hall–Kier alpha value is 0. The molecule has 0 radical (unpaired) electrons. The molecule has 0 aliphatic heterocycles. The molecular weight excluding hydrogens is 204 g/mol. The molecule has 104 valence electrons. The molecule has 0 aliphatic rings. The molecule has 0 rings (SSSR count). The van der Waals surface area contributed by atoms with Gasteiger partial charge in [-0.15, -0.1) is 0 Å². The van der Waals surface area contributed by atoms with Crippen molar-refractivity contribution in [1.29, 1.82) is 0 Å². The Kier molecular flexibility index (Phi) is 4.59. The Morgan fingerprint density at radius 2 is 1.06 bits per heavy atom. The topological polar surface area (TPSA) is 0 Å². The van der Waals surface area contributed by atoms with E-state index in [0.717, 1.165) is 0 Å². The SMILES string of the molecule is CC(C(C)(C)CC(C)(C)C)C(C)(C)C(C)(C)C. The van der Waals surface area contributed by atoms with Crippen molar-refractivity contribution in [2.24, 2.45) is 27.6 Å². The quantitative estimate of drug-likeness (QED) is 0.554. The monoisotopic (exact) mass is 240 g/mol. The largest absolute Gasteiger partial charge is 0.0615 e. The van der Waals surface area contributed by atoms with Crippen LogP contribution in [0.5, 0.6) is 0 Å². The van der Waals surface area contributed by atoms with Crippen LogP contribution in [0.15, 0.2) is 0 Å². The first-order chi connectivity index (χ1) is 7.11. The molecule has 0 heterocycles. The maximum atomic E-state index is 2.44. The Morgan fingerprint density at radius 3 is 1.29 bits per heavy atom. The van der Waals surface area contributed by atoms with Crippen LogP contribution in [0.1, 0.15) is 82.6 Å². The van der Waals surface area contributed by atoms with E-state index >= 15 is 0 Å². The second kappa shape index (κ2) is 4.59. The highest BCUT2D eigenvalue weighted by atomic mass is 14.5. The van der Waals surface area contributed by atoms with E-state index in [1.165, 1.54) is 6.42 Å². The molecule has 0 saturated heterocycles. The van der Waals surface area contributed by atoms with E-state index in [1.54, 1.807) is 0 Å². The zero-order valence-electron chi connectivity index (χ0n) is 14.3. The van der Waals surface area contributed by atoms with Gasteiger partial charge in [0.2, 0.25) is 0 Å². The first kappa shape index (κ1) is 17.0. The number of hydrogen-bond donors (Lipinski definition) is 0. The van der Waals surface area contributed by atoms with Crippen LogP contribution in [0, 0.1) is 27.6 Å². The van der Waals surface area contributed by atoms with Crippen LogP contribution in [0.25, 0.3) is 0 Å². The standard InChI is InChI=1S/C17H36/c1-13(17(10,11)15(5,6)7)16(8,9)12-14(2,3)4/h13H,12H2,1-11H3. The van der Waals surface area contributed by atoms with Crippen molar-refractivity contribution in [2.75, 3.05) is 0 Å². The van der Waals surface area contributed by atoms with Crippen LogP contribution in [0.4, 0.5) is 0 Å². The molecule has 1 unspecified atom stereocenters. The summed E-state index contributed by atoms with van der Waals surface area (Å²) in [6.45, 7) is 26.4. The molecule has 0 aromatic carbocycles. The summed E-state index contributed by atoms with van der Waals surface area (Å²) in [6.07, 6.45) is 1.28. The smallest absolute Gasteiger partial charge is 0.0275 e. The molecule has 17 heavy (non-hydrogen) atoms. The summed E-state index contributed by atoms with van der Waals surface area (Å²) in [7, 11) is 0. The zero-order valence-corrected chi connectivity index (χ0v) is 14.3. The van der Waals surface area contributed by atoms with Gasteiger partial charge in [0.05, 0.1) is 0 Å². The van der Waals surface area contributed by atoms with Crippen LogP contribution in [-0.4, -0.2) is 0 Å². The van der Waals surface area contributed by atoms with Crippen molar-refractivity contribution in [3.05, 3.63) is 0 Å². The third kappa shape index (κ3) is 4.30. The van der Waals surface area contributed by atoms with Crippen molar-refractivity contribution in [3.8, 4) is 0 Å². The Bertz CT molecular complexity index is 242. The second-order valence-electron chi connectivity index (χ2n) is 9.42. The summed E-state index contributed by atoms with van der Waals surface area (Å²) in [5.41, 5.74) is 1.49. The Labute approximate surface area is 111 Å². The van der Waals surface area contributed by atoms with Crippen molar-refractivity contribution < 1.29 is 0 Å². The van der Waals surface area contributed by atoms with Crippen LogP contribution in [0.2, 0.25) is 0 Å². The average molecular weight is 240 g/mol. The number of hydrogen-bond acceptors (Lipinski definition) is 0. The van der Waals surface area contributed by atoms with Gasteiger partial charge in [0.25, 0.3) is 0 Å². The lowest BCUT2D eigenvalue weighted by atomic mass is 9.54. The van der Waals surface area contributed by atoms with Gasteiger partial charge in [-0.2, -0.15) is 0 Å². The summed E-state index contributed by atoms with van der Waals surface area (Å²) >= 11 is 0. The highest BCUT2D eigenvalue weighted by Gasteiger charge is 2.45. The summed E-state index contributed by atoms with van der Waals surface area (Å²) in [6, 6.07) is 0. The van der Waals surface area contributed by atoms with Gasteiger partial charge < -0.3 is 0 Å². The molecule has 1 atom stereocenters. The fraction of sp³-hybridized carbons (Fsp3) is 1.00. The number of rotatable bonds is 3. The lowest BCUT2D eigenvalue weighted by molar-refractivity contribution is -0.0215. The Morgan fingerprint density at radius 1 is 0.706 bits per heavy atom. The molecule has 0 amide bonds. The highest BCUT2D eigenvalue weighted by Crippen LogP contribution is 2.53. The molecule has 0 nitrogen and oxygen atoms in total. The maximum absolute atomic E-state index is 2.44. The molecule has 0 bridgehead atoms. The van der Waals surface area contributed by atoms with Crippen molar-refractivity contribution >= 4 is 0 Å². The second-order valence-corrected chi connectivity index (χ2v) is 9.42. The molecule has 0 aromatic rings. The van der Waals surface area contributed by atoms with E-state index < -0.39 is 0 Å². The first-order valence-electron chi connectivity index (χ1n) is 7.11. The molecule has 0 spiro atoms. The first-order valence-corrected chi connectivity index (χ1v) is 7.11. The van der Waals surface area contributed by atoms with Crippen LogP contribution < -0.4 is 0 Å². The summed E-state index contributed by atoms with van der Waals surface area (Å²) in [4.78, 5) is 0. The summed E-state index contributed by atoms with van der Waals surface area (Å²) in [5.74, 6) is 0.703. The van der Waals surface area contributed by atoms with Gasteiger partial charge in [0.1, 0.15) is 0 Å². The fourth-order valence-electron chi connectivity index (χ4n) is 3.15. The van der Waals surface area contributed by atoms with Crippen LogP contribution >= 0.6 is 0 Å². The summed E-state index contributed by atoms with van der Waals surface area (Å²) < 4.78 is 0. The van der Waals surface area contributed by atoms with E-state index in [1.807, 2.05) is 0 Å². The predicted octanol–water partition coefficient (Wildman–Crippen LogP) is 6.16. The molecule has 0 aliphatic carbocycles. The molecule has 0 N–H and O–H groups in total. The Balaban J connectivity index is 5.10. The minimum absolute atomic E-state index is 0.349. The van der Waals surface area contributed by atoms with Gasteiger partial charge in [-0.05, 0) is 34.0 Å². The minimum atomic E-state index is 0.349. The van der Waals surface area contributed by atoms with Crippen LogP contribution in [-0.2, 0) is 0 Å². The van der Waals surface area contributed by atoms with Crippen LogP contribution in [0.3, 0.4) is 0 Å². The normalized spacial score (nSPS) is 17.1. The lowest BCUT2D eigenvalue weighted by Gasteiger charge is -2.51. The third-order valence-electron chi connectivity index (χ3n) is 5.17. The fourth-order valence-corrected chi connectivity index (χ4v) is 3.15. The van der Waals surface area contributed by atoms with E-state index in [0.29, 0.717) is 27.6 Å². The maximum Gasteiger partial charge on any atom is -0.0275 e. The molecule has 0 heteroatoms.